The number of nitrogens with zero attached hydrogens (tertiary/aromatic N) is 1. The zero-order valence-corrected chi connectivity index (χ0v) is 25.2. The predicted octanol–water partition coefficient (Wildman–Crippen LogP) is 12.8. The van der Waals surface area contributed by atoms with Crippen LogP contribution in [0.1, 0.15) is 0 Å². The number of hydrogen-bond acceptors (Lipinski definition) is 3. The fourth-order valence-corrected chi connectivity index (χ4v) is 7.70. The molecule has 0 unspecified atom stereocenters. The number of rotatable bonds is 5. The molecule has 0 atom stereocenters. The average Bonchev–Trinajstić information content (AvgIpc) is 3.68. The Balaban J connectivity index is 1.30. The summed E-state index contributed by atoms with van der Waals surface area (Å²) in [6, 6.07) is 58.3. The van der Waals surface area contributed by atoms with E-state index in [2.05, 4.69) is 163 Å². The lowest BCUT2D eigenvalue weighted by Gasteiger charge is -2.26. The Labute approximate surface area is 265 Å². The highest BCUT2D eigenvalue weighted by Gasteiger charge is 2.22. The molecule has 0 aliphatic heterocycles. The van der Waals surface area contributed by atoms with Gasteiger partial charge in [0.05, 0.1) is 5.69 Å². The lowest BCUT2D eigenvalue weighted by Crippen LogP contribution is -2.10. The molecule has 2 nitrogen and oxygen atoms in total. The number of para-hydroxylation sites is 1. The zero-order valence-electron chi connectivity index (χ0n) is 24.4. The molecule has 9 aromatic rings. The maximum Gasteiger partial charge on any atom is 0.160 e. The quantitative estimate of drug-likeness (QED) is 0.197. The largest absolute Gasteiger partial charge is 0.454 e. The van der Waals surface area contributed by atoms with E-state index in [4.69, 9.17) is 4.42 Å². The second-order valence-electron chi connectivity index (χ2n) is 11.3. The van der Waals surface area contributed by atoms with Gasteiger partial charge in [0.15, 0.2) is 5.58 Å². The van der Waals surface area contributed by atoms with Crippen molar-refractivity contribution in [2.45, 2.75) is 0 Å². The molecule has 0 radical (unpaired) electrons. The summed E-state index contributed by atoms with van der Waals surface area (Å²) in [5, 5.41) is 4.83. The molecule has 0 bridgehead atoms. The molecule has 45 heavy (non-hydrogen) atoms. The summed E-state index contributed by atoms with van der Waals surface area (Å²) in [6.45, 7) is 0. The first-order valence-corrected chi connectivity index (χ1v) is 16.0. The third-order valence-corrected chi connectivity index (χ3v) is 9.82. The van der Waals surface area contributed by atoms with Gasteiger partial charge in [-0.3, -0.25) is 0 Å². The van der Waals surface area contributed by atoms with E-state index < -0.39 is 0 Å². The minimum absolute atomic E-state index is 0.876. The topological polar surface area (TPSA) is 16.4 Å². The first-order valence-electron chi connectivity index (χ1n) is 15.2. The molecule has 0 saturated carbocycles. The Kier molecular flexibility index (Phi) is 6.03. The van der Waals surface area contributed by atoms with Crippen LogP contribution in [0, 0.1) is 0 Å². The normalized spacial score (nSPS) is 11.6. The third-order valence-electron chi connectivity index (χ3n) is 8.68. The van der Waals surface area contributed by atoms with Crippen molar-refractivity contribution in [3.63, 3.8) is 0 Å². The number of hydrogen-bond donors (Lipinski definition) is 0. The molecule has 0 spiro atoms. The second-order valence-corrected chi connectivity index (χ2v) is 12.4. The molecule has 0 aliphatic carbocycles. The van der Waals surface area contributed by atoms with Gasteiger partial charge in [-0.25, -0.2) is 0 Å². The summed E-state index contributed by atoms with van der Waals surface area (Å²) in [4.78, 5) is 2.35. The van der Waals surface area contributed by atoms with Crippen molar-refractivity contribution in [1.82, 2.24) is 0 Å². The SMILES string of the molecule is c1ccc(-c2ccc(N(c3ccc4c(c3)sc3ccccc34)c3ccc(-c4ccccc4)c4c3oc3ccccc34)cc2)cc1. The number of fused-ring (bicyclic) bond motifs is 6. The van der Waals surface area contributed by atoms with Crippen LogP contribution in [-0.2, 0) is 0 Å². The fraction of sp³-hybridized carbons (Fsp3) is 0. The highest BCUT2D eigenvalue weighted by Crippen LogP contribution is 2.47. The Hall–Kier alpha value is -5.64. The molecule has 0 saturated heterocycles. The van der Waals surface area contributed by atoms with Gasteiger partial charge in [0.1, 0.15) is 5.58 Å². The van der Waals surface area contributed by atoms with Gasteiger partial charge in [-0.2, -0.15) is 0 Å². The summed E-state index contributed by atoms with van der Waals surface area (Å²) < 4.78 is 9.33. The van der Waals surface area contributed by atoms with E-state index in [1.807, 2.05) is 17.4 Å². The maximum atomic E-state index is 6.76. The molecule has 212 valence electrons. The molecule has 0 amide bonds. The highest BCUT2D eigenvalue weighted by molar-refractivity contribution is 7.25. The van der Waals surface area contributed by atoms with Crippen LogP contribution in [0.2, 0.25) is 0 Å². The molecule has 7 aromatic carbocycles. The van der Waals surface area contributed by atoms with Gasteiger partial charge >= 0.3 is 0 Å². The van der Waals surface area contributed by atoms with Crippen LogP contribution in [0.3, 0.4) is 0 Å². The van der Waals surface area contributed by atoms with E-state index in [0.717, 1.165) is 39.0 Å². The Bertz CT molecular complexity index is 2470. The number of anilines is 3. The molecule has 2 heterocycles. The van der Waals surface area contributed by atoms with Crippen molar-refractivity contribution in [3.8, 4) is 22.3 Å². The summed E-state index contributed by atoms with van der Waals surface area (Å²) in [6.07, 6.45) is 0. The van der Waals surface area contributed by atoms with Crippen molar-refractivity contribution in [2.75, 3.05) is 4.90 Å². The average molecular weight is 594 g/mol. The molecule has 2 aromatic heterocycles. The van der Waals surface area contributed by atoms with Crippen LogP contribution < -0.4 is 4.90 Å². The minimum atomic E-state index is 0.876. The summed E-state index contributed by atoms with van der Waals surface area (Å²) in [7, 11) is 0. The molecule has 0 N–H and O–H groups in total. The van der Waals surface area contributed by atoms with E-state index >= 15 is 0 Å². The molecule has 0 fully saturated rings. The molecular formula is C42H27NOS. The Morgan fingerprint density at radius 2 is 1.07 bits per heavy atom. The van der Waals surface area contributed by atoms with Crippen LogP contribution >= 0.6 is 11.3 Å². The van der Waals surface area contributed by atoms with Crippen molar-refractivity contribution in [1.29, 1.82) is 0 Å². The summed E-state index contributed by atoms with van der Waals surface area (Å²) in [5.74, 6) is 0. The molecule has 0 aliphatic rings. The Morgan fingerprint density at radius 1 is 0.444 bits per heavy atom. The third kappa shape index (κ3) is 4.32. The van der Waals surface area contributed by atoms with Gasteiger partial charge in [0.2, 0.25) is 0 Å². The zero-order chi connectivity index (χ0) is 29.7. The van der Waals surface area contributed by atoms with E-state index in [9.17, 15) is 0 Å². The van der Waals surface area contributed by atoms with Crippen molar-refractivity contribution >= 4 is 70.5 Å². The summed E-state index contributed by atoms with van der Waals surface area (Å²) >= 11 is 1.84. The second kappa shape index (κ2) is 10.5. The van der Waals surface area contributed by atoms with Crippen molar-refractivity contribution in [2.24, 2.45) is 0 Å². The summed E-state index contributed by atoms with van der Waals surface area (Å²) in [5.41, 5.74) is 9.66. The smallest absolute Gasteiger partial charge is 0.160 e. The van der Waals surface area contributed by atoms with Crippen LogP contribution in [-0.4, -0.2) is 0 Å². The van der Waals surface area contributed by atoms with Crippen LogP contribution in [0.25, 0.3) is 64.4 Å². The van der Waals surface area contributed by atoms with E-state index in [1.165, 1.54) is 42.4 Å². The van der Waals surface area contributed by atoms with Gasteiger partial charge in [-0.05, 0) is 64.7 Å². The van der Waals surface area contributed by atoms with Crippen molar-refractivity contribution in [3.05, 3.63) is 164 Å². The van der Waals surface area contributed by atoms with Gasteiger partial charge < -0.3 is 9.32 Å². The van der Waals surface area contributed by atoms with Gasteiger partial charge in [-0.1, -0.05) is 121 Å². The van der Waals surface area contributed by atoms with Crippen molar-refractivity contribution < 1.29 is 4.42 Å². The van der Waals surface area contributed by atoms with Crippen LogP contribution in [0.15, 0.2) is 168 Å². The van der Waals surface area contributed by atoms with E-state index in [-0.39, 0.29) is 0 Å². The van der Waals surface area contributed by atoms with Crippen LogP contribution in [0.4, 0.5) is 17.1 Å². The lowest BCUT2D eigenvalue weighted by atomic mass is 9.98. The lowest BCUT2D eigenvalue weighted by molar-refractivity contribution is 0.669. The first kappa shape index (κ1) is 25.8. The minimum Gasteiger partial charge on any atom is -0.454 e. The molecular weight excluding hydrogens is 567 g/mol. The predicted molar refractivity (Wildman–Crippen MR) is 192 cm³/mol. The number of thiophene rings is 1. The van der Waals surface area contributed by atoms with Gasteiger partial charge in [-0.15, -0.1) is 11.3 Å². The van der Waals surface area contributed by atoms with Gasteiger partial charge in [0, 0.05) is 42.3 Å². The maximum absolute atomic E-state index is 6.76. The van der Waals surface area contributed by atoms with Crippen LogP contribution in [0.5, 0.6) is 0 Å². The number of benzene rings is 7. The number of furan rings is 1. The van der Waals surface area contributed by atoms with E-state index in [1.54, 1.807) is 0 Å². The van der Waals surface area contributed by atoms with E-state index in [0.29, 0.717) is 0 Å². The standard InChI is InChI=1S/C42H27NOS/c1-3-11-28(12-4-1)29-19-21-31(22-20-29)43(32-23-24-35-34-15-8-10-18-39(34)45-40(35)27-32)37-26-25-33(30-13-5-2-6-14-30)41-36-16-7-9-17-38(36)44-42(37)41/h1-27H. The van der Waals surface area contributed by atoms with Gasteiger partial charge in [0.25, 0.3) is 0 Å². The monoisotopic (exact) mass is 593 g/mol. The molecule has 9 rings (SSSR count). The Morgan fingerprint density at radius 3 is 1.87 bits per heavy atom. The first-order chi connectivity index (χ1) is 22.3. The fourth-order valence-electron chi connectivity index (χ4n) is 6.56. The highest BCUT2D eigenvalue weighted by atomic mass is 32.1. The molecule has 3 heteroatoms.